The van der Waals surface area contributed by atoms with Gasteiger partial charge in [-0.05, 0) is 68.4 Å². The monoisotopic (exact) mass is 256 g/mol. The third kappa shape index (κ3) is 1.89. The topological polar surface area (TPSA) is 26.3 Å². The molecule has 0 spiro atoms. The standard InChI is InChI=1S/C17H20O2/c18-16(19-15-4-2-1-3-5-15)17-9-12-6-13(10-17)8-14(7-12)11-17/h1-5,12-14H,6-11H2. The Bertz CT molecular complexity index is 456. The molecule has 0 amide bonds. The molecule has 4 aliphatic rings. The van der Waals surface area contributed by atoms with Crippen molar-refractivity contribution >= 4 is 5.97 Å². The molecule has 0 aliphatic heterocycles. The fraction of sp³-hybridized carbons (Fsp3) is 0.588. The summed E-state index contributed by atoms with van der Waals surface area (Å²) in [5, 5.41) is 0. The van der Waals surface area contributed by atoms with Crippen LogP contribution in [-0.4, -0.2) is 5.97 Å². The van der Waals surface area contributed by atoms with Gasteiger partial charge in [0.15, 0.2) is 0 Å². The zero-order valence-corrected chi connectivity index (χ0v) is 11.2. The fourth-order valence-electron chi connectivity index (χ4n) is 5.06. The number of hydrogen-bond acceptors (Lipinski definition) is 2. The Kier molecular flexibility index (Phi) is 2.48. The minimum Gasteiger partial charge on any atom is -0.426 e. The summed E-state index contributed by atoms with van der Waals surface area (Å²) < 4.78 is 5.66. The molecule has 0 aromatic heterocycles. The summed E-state index contributed by atoms with van der Waals surface area (Å²) >= 11 is 0. The van der Waals surface area contributed by atoms with Crippen molar-refractivity contribution in [1.29, 1.82) is 0 Å². The van der Waals surface area contributed by atoms with E-state index in [2.05, 4.69) is 0 Å². The number of esters is 1. The lowest BCUT2D eigenvalue weighted by Gasteiger charge is -2.55. The van der Waals surface area contributed by atoms with Crippen molar-refractivity contribution in [1.82, 2.24) is 0 Å². The van der Waals surface area contributed by atoms with E-state index >= 15 is 0 Å². The molecule has 0 radical (unpaired) electrons. The normalized spacial score (nSPS) is 39.3. The molecule has 2 nitrogen and oxygen atoms in total. The quantitative estimate of drug-likeness (QED) is 0.594. The van der Waals surface area contributed by atoms with Crippen molar-refractivity contribution in [3.05, 3.63) is 30.3 Å². The second-order valence-corrected chi connectivity index (χ2v) is 6.90. The average Bonchev–Trinajstić information content (AvgIpc) is 2.38. The van der Waals surface area contributed by atoms with Crippen LogP contribution in [0.25, 0.3) is 0 Å². The number of ether oxygens (including phenoxy) is 1. The summed E-state index contributed by atoms with van der Waals surface area (Å²) in [5.74, 6) is 3.10. The van der Waals surface area contributed by atoms with E-state index in [4.69, 9.17) is 4.74 Å². The molecule has 0 N–H and O–H groups in total. The average molecular weight is 256 g/mol. The van der Waals surface area contributed by atoms with E-state index in [0.717, 1.165) is 37.0 Å². The Hall–Kier alpha value is -1.31. The molecule has 1 aromatic rings. The maximum Gasteiger partial charge on any atom is 0.317 e. The second kappa shape index (κ2) is 4.09. The summed E-state index contributed by atoms with van der Waals surface area (Å²) in [6.45, 7) is 0. The number of hydrogen-bond donors (Lipinski definition) is 0. The van der Waals surface area contributed by atoms with Crippen molar-refractivity contribution in [3.8, 4) is 5.75 Å². The lowest BCUT2D eigenvalue weighted by molar-refractivity contribution is -0.161. The number of benzene rings is 1. The van der Waals surface area contributed by atoms with E-state index in [1.54, 1.807) is 0 Å². The van der Waals surface area contributed by atoms with Gasteiger partial charge in [0.2, 0.25) is 0 Å². The summed E-state index contributed by atoms with van der Waals surface area (Å²) in [6, 6.07) is 9.53. The maximum absolute atomic E-state index is 12.6. The first-order chi connectivity index (χ1) is 9.23. The zero-order valence-electron chi connectivity index (χ0n) is 11.2. The Labute approximate surface area is 114 Å². The van der Waals surface area contributed by atoms with Crippen LogP contribution in [0.15, 0.2) is 30.3 Å². The minimum absolute atomic E-state index is 0.0396. The van der Waals surface area contributed by atoms with Gasteiger partial charge in [-0.15, -0.1) is 0 Å². The number of carbonyl (C=O) groups excluding carboxylic acids is 1. The fourth-order valence-corrected chi connectivity index (χ4v) is 5.06. The highest BCUT2D eigenvalue weighted by molar-refractivity contribution is 5.79. The zero-order chi connectivity index (χ0) is 12.9. The van der Waals surface area contributed by atoms with Crippen LogP contribution in [-0.2, 0) is 4.79 Å². The van der Waals surface area contributed by atoms with Gasteiger partial charge in [0.05, 0.1) is 5.41 Å². The lowest BCUT2D eigenvalue weighted by Crippen LogP contribution is -2.51. The Morgan fingerprint density at radius 2 is 1.47 bits per heavy atom. The van der Waals surface area contributed by atoms with E-state index in [1.807, 2.05) is 30.3 Å². The van der Waals surface area contributed by atoms with Crippen molar-refractivity contribution < 1.29 is 9.53 Å². The van der Waals surface area contributed by atoms with E-state index in [9.17, 15) is 4.79 Å². The highest BCUT2D eigenvalue weighted by Gasteiger charge is 2.55. The second-order valence-electron chi connectivity index (χ2n) is 6.90. The SMILES string of the molecule is O=C(Oc1ccccc1)C12CC3CC(CC(C3)C1)C2. The van der Waals surface area contributed by atoms with Crippen LogP contribution in [0, 0.1) is 23.2 Å². The van der Waals surface area contributed by atoms with Crippen molar-refractivity contribution in [2.24, 2.45) is 23.2 Å². The highest BCUT2D eigenvalue weighted by atomic mass is 16.5. The van der Waals surface area contributed by atoms with Gasteiger partial charge in [0.25, 0.3) is 0 Å². The summed E-state index contributed by atoms with van der Waals surface area (Å²) in [5.41, 5.74) is -0.148. The lowest BCUT2D eigenvalue weighted by atomic mass is 9.49. The molecular weight excluding hydrogens is 236 g/mol. The van der Waals surface area contributed by atoms with Gasteiger partial charge in [-0.25, -0.2) is 0 Å². The van der Waals surface area contributed by atoms with Gasteiger partial charge in [0, 0.05) is 0 Å². The van der Waals surface area contributed by atoms with E-state index in [0.29, 0.717) is 5.75 Å². The van der Waals surface area contributed by atoms with Crippen molar-refractivity contribution in [2.45, 2.75) is 38.5 Å². The van der Waals surface area contributed by atoms with Crippen LogP contribution in [0.3, 0.4) is 0 Å². The molecule has 0 unspecified atom stereocenters. The van der Waals surface area contributed by atoms with Crippen LogP contribution in [0.2, 0.25) is 0 Å². The summed E-state index contributed by atoms with van der Waals surface area (Å²) in [6.07, 6.45) is 7.30. The molecule has 19 heavy (non-hydrogen) atoms. The molecule has 0 heterocycles. The van der Waals surface area contributed by atoms with Gasteiger partial charge < -0.3 is 4.74 Å². The smallest absolute Gasteiger partial charge is 0.317 e. The van der Waals surface area contributed by atoms with Gasteiger partial charge in [-0.2, -0.15) is 0 Å². The molecule has 0 saturated heterocycles. The maximum atomic E-state index is 12.6. The predicted octanol–water partition coefficient (Wildman–Crippen LogP) is 3.81. The first-order valence-corrected chi connectivity index (χ1v) is 7.51. The molecule has 0 atom stereocenters. The molecule has 4 fully saturated rings. The third-order valence-electron chi connectivity index (χ3n) is 5.43. The first kappa shape index (κ1) is 11.5. The van der Waals surface area contributed by atoms with Crippen molar-refractivity contribution in [2.75, 3.05) is 0 Å². The predicted molar refractivity (Wildman–Crippen MR) is 72.7 cm³/mol. The van der Waals surface area contributed by atoms with Crippen LogP contribution in [0.5, 0.6) is 5.75 Å². The molecule has 1 aromatic carbocycles. The Balaban J connectivity index is 1.56. The molecule has 5 rings (SSSR count). The summed E-state index contributed by atoms with van der Waals surface area (Å²) in [7, 11) is 0. The highest BCUT2D eigenvalue weighted by Crippen LogP contribution is 2.60. The first-order valence-electron chi connectivity index (χ1n) is 7.51. The van der Waals surface area contributed by atoms with Gasteiger partial charge in [-0.1, -0.05) is 18.2 Å². The Morgan fingerprint density at radius 3 is 2.00 bits per heavy atom. The van der Waals surface area contributed by atoms with E-state index < -0.39 is 0 Å². The number of rotatable bonds is 2. The summed E-state index contributed by atoms with van der Waals surface area (Å²) in [4.78, 5) is 12.6. The van der Waals surface area contributed by atoms with Gasteiger partial charge in [-0.3, -0.25) is 4.79 Å². The molecular formula is C17H20O2. The van der Waals surface area contributed by atoms with Crippen LogP contribution in [0.4, 0.5) is 0 Å². The van der Waals surface area contributed by atoms with E-state index in [-0.39, 0.29) is 11.4 Å². The van der Waals surface area contributed by atoms with Crippen molar-refractivity contribution in [3.63, 3.8) is 0 Å². The van der Waals surface area contributed by atoms with Crippen LogP contribution in [0.1, 0.15) is 38.5 Å². The molecule has 4 aliphatic carbocycles. The Morgan fingerprint density at radius 1 is 0.947 bits per heavy atom. The van der Waals surface area contributed by atoms with Crippen LogP contribution >= 0.6 is 0 Å². The largest absolute Gasteiger partial charge is 0.426 e. The molecule has 4 bridgehead atoms. The molecule has 2 heteroatoms. The molecule has 100 valence electrons. The number of carbonyl (C=O) groups is 1. The van der Waals surface area contributed by atoms with E-state index in [1.165, 1.54) is 19.3 Å². The van der Waals surface area contributed by atoms with Gasteiger partial charge >= 0.3 is 5.97 Å². The van der Waals surface area contributed by atoms with Gasteiger partial charge in [0.1, 0.15) is 5.75 Å². The molecule has 4 saturated carbocycles. The number of para-hydroxylation sites is 1. The third-order valence-corrected chi connectivity index (χ3v) is 5.43. The minimum atomic E-state index is -0.148. The van der Waals surface area contributed by atoms with Crippen LogP contribution < -0.4 is 4.74 Å².